The van der Waals surface area contributed by atoms with Crippen molar-refractivity contribution >= 4 is 6.09 Å². The summed E-state index contributed by atoms with van der Waals surface area (Å²) in [6, 6.07) is 28.5. The first kappa shape index (κ1) is 21.9. The lowest BCUT2D eigenvalue weighted by Crippen LogP contribution is -2.38. The van der Waals surface area contributed by atoms with E-state index in [1.165, 1.54) is 5.56 Å². The highest BCUT2D eigenvalue weighted by atomic mass is 16.6. The molecule has 0 bridgehead atoms. The maximum Gasteiger partial charge on any atom is 0.411 e. The van der Waals surface area contributed by atoms with E-state index in [9.17, 15) is 4.79 Å². The summed E-state index contributed by atoms with van der Waals surface area (Å²) in [4.78, 5) is 15.6. The van der Waals surface area contributed by atoms with Crippen LogP contribution in [0.4, 0.5) is 4.79 Å². The molecule has 1 aliphatic heterocycles. The highest BCUT2D eigenvalue weighted by molar-refractivity contribution is 5.71. The lowest BCUT2D eigenvalue weighted by Gasteiger charge is -2.34. The van der Waals surface area contributed by atoms with E-state index in [4.69, 9.17) is 9.47 Å². The molecule has 1 saturated heterocycles. The van der Waals surface area contributed by atoms with Crippen LogP contribution in [0.5, 0.6) is 5.75 Å². The first-order valence-corrected chi connectivity index (χ1v) is 11.1. The number of ether oxygens (including phenoxy) is 2. The van der Waals surface area contributed by atoms with Gasteiger partial charge in [-0.15, -0.1) is 0 Å². The minimum absolute atomic E-state index is 0.105. The van der Waals surface area contributed by atoms with Crippen molar-refractivity contribution in [1.29, 1.82) is 0 Å². The molecule has 0 spiro atoms. The molecule has 1 heterocycles. The van der Waals surface area contributed by atoms with Crippen molar-refractivity contribution in [2.24, 2.45) is 0 Å². The molecule has 0 radical (unpaired) electrons. The summed E-state index contributed by atoms with van der Waals surface area (Å²) in [5, 5.41) is 0. The predicted octanol–water partition coefficient (Wildman–Crippen LogP) is 6.90. The minimum Gasteiger partial charge on any atom is -0.497 e. The first-order valence-electron chi connectivity index (χ1n) is 11.1. The topological polar surface area (TPSA) is 38.8 Å². The van der Waals surface area contributed by atoms with Gasteiger partial charge in [0.05, 0.1) is 19.2 Å². The molecule has 166 valence electrons. The smallest absolute Gasteiger partial charge is 0.411 e. The molecule has 3 atom stereocenters. The Hall–Kier alpha value is -3.27. The van der Waals surface area contributed by atoms with E-state index in [2.05, 4.69) is 48.5 Å². The summed E-state index contributed by atoms with van der Waals surface area (Å²) in [7, 11) is 1.66. The van der Waals surface area contributed by atoms with Crippen molar-refractivity contribution < 1.29 is 14.3 Å². The first-order chi connectivity index (χ1) is 15.4. The zero-order valence-electron chi connectivity index (χ0n) is 19.2. The van der Waals surface area contributed by atoms with Crippen molar-refractivity contribution in [3.05, 3.63) is 102 Å². The molecule has 0 aliphatic carbocycles. The van der Waals surface area contributed by atoms with E-state index in [0.29, 0.717) is 0 Å². The average molecular weight is 430 g/mol. The monoisotopic (exact) mass is 429 g/mol. The number of carbonyl (C=O) groups excluding carboxylic acids is 1. The molecule has 0 aromatic heterocycles. The maximum atomic E-state index is 13.6. The van der Waals surface area contributed by atoms with Gasteiger partial charge in [-0.3, -0.25) is 4.90 Å². The molecule has 3 aromatic rings. The molecule has 1 fully saturated rings. The van der Waals surface area contributed by atoms with E-state index in [1.54, 1.807) is 7.11 Å². The molecule has 3 aromatic carbocycles. The number of carbonyl (C=O) groups is 1. The third-order valence-electron chi connectivity index (χ3n) is 5.97. The highest BCUT2D eigenvalue weighted by Crippen LogP contribution is 2.53. The molecule has 32 heavy (non-hydrogen) atoms. The second kappa shape index (κ2) is 9.07. The van der Waals surface area contributed by atoms with Crippen molar-refractivity contribution in [2.75, 3.05) is 7.11 Å². The number of hydrogen-bond donors (Lipinski definition) is 0. The molecule has 0 N–H and O–H groups in total. The number of methoxy groups -OCH3 is 1. The Kier molecular flexibility index (Phi) is 6.22. The second-order valence-corrected chi connectivity index (χ2v) is 9.28. The lowest BCUT2D eigenvalue weighted by molar-refractivity contribution is 0.0135. The lowest BCUT2D eigenvalue weighted by atomic mass is 9.86. The fraction of sp³-hybridized carbons (Fsp3) is 0.321. The van der Waals surface area contributed by atoms with Crippen LogP contribution in [0.15, 0.2) is 84.9 Å². The summed E-state index contributed by atoms with van der Waals surface area (Å²) in [6.45, 7) is 5.74. The molecule has 4 heteroatoms. The van der Waals surface area contributed by atoms with Crippen LogP contribution < -0.4 is 4.74 Å². The number of benzene rings is 3. The van der Waals surface area contributed by atoms with Crippen LogP contribution in [0.25, 0.3) is 0 Å². The predicted molar refractivity (Wildman–Crippen MR) is 127 cm³/mol. The fourth-order valence-corrected chi connectivity index (χ4v) is 4.61. The van der Waals surface area contributed by atoms with Crippen LogP contribution >= 0.6 is 0 Å². The number of nitrogens with zero attached hydrogens (tertiary/aromatic N) is 1. The summed E-state index contributed by atoms with van der Waals surface area (Å²) in [6.07, 6.45) is 0.528. The van der Waals surface area contributed by atoms with Crippen molar-refractivity contribution in [3.8, 4) is 5.75 Å². The Morgan fingerprint density at radius 2 is 1.38 bits per heavy atom. The Morgan fingerprint density at radius 1 is 0.812 bits per heavy atom. The van der Waals surface area contributed by atoms with Gasteiger partial charge in [0.2, 0.25) is 0 Å². The van der Waals surface area contributed by atoms with Crippen LogP contribution in [0, 0.1) is 0 Å². The summed E-state index contributed by atoms with van der Waals surface area (Å²) in [5.41, 5.74) is 2.85. The molecule has 0 unspecified atom stereocenters. The fourth-order valence-electron chi connectivity index (χ4n) is 4.61. The largest absolute Gasteiger partial charge is 0.497 e. The molecule has 0 saturated carbocycles. The normalized spacial score (nSPS) is 20.8. The van der Waals surface area contributed by atoms with Gasteiger partial charge in [-0.2, -0.15) is 0 Å². The van der Waals surface area contributed by atoms with Crippen molar-refractivity contribution in [3.63, 3.8) is 0 Å². The third kappa shape index (κ3) is 4.64. The van der Waals surface area contributed by atoms with Crippen LogP contribution in [-0.4, -0.2) is 23.7 Å². The van der Waals surface area contributed by atoms with Crippen molar-refractivity contribution in [1.82, 2.24) is 4.90 Å². The van der Waals surface area contributed by atoms with Gasteiger partial charge >= 0.3 is 6.09 Å². The van der Waals surface area contributed by atoms with Crippen LogP contribution in [-0.2, 0) is 4.74 Å². The highest BCUT2D eigenvalue weighted by Gasteiger charge is 2.47. The van der Waals surface area contributed by atoms with Gasteiger partial charge in [0.25, 0.3) is 0 Å². The zero-order chi connectivity index (χ0) is 22.7. The van der Waals surface area contributed by atoms with E-state index >= 15 is 0 Å². The van der Waals surface area contributed by atoms with E-state index in [-0.39, 0.29) is 24.1 Å². The Morgan fingerprint density at radius 3 is 1.91 bits per heavy atom. The standard InChI is InChI=1S/C28H31NO3/c1-28(2,3)32-27(30)29-25(21-15-17-23(31-4)18-16-21)19-24(20-11-7-5-8-12-20)26(29)22-13-9-6-10-14-22/h5-18,24-26H,19H2,1-4H3/t24-,25+,26+/m1/s1. The van der Waals surface area contributed by atoms with E-state index in [1.807, 2.05) is 62.1 Å². The molecular formula is C28H31NO3. The van der Waals surface area contributed by atoms with Crippen LogP contribution in [0.1, 0.15) is 61.9 Å². The Labute approximate surface area is 190 Å². The number of likely N-dealkylation sites (tertiary alicyclic amines) is 1. The van der Waals surface area contributed by atoms with E-state index < -0.39 is 5.60 Å². The second-order valence-electron chi connectivity index (χ2n) is 9.28. The Balaban J connectivity index is 1.83. The number of hydrogen-bond acceptors (Lipinski definition) is 3. The van der Waals surface area contributed by atoms with Gasteiger partial charge in [-0.05, 0) is 56.0 Å². The van der Waals surface area contributed by atoms with E-state index in [0.717, 1.165) is 23.3 Å². The summed E-state index contributed by atoms with van der Waals surface area (Å²) >= 11 is 0. The van der Waals surface area contributed by atoms with Gasteiger partial charge in [0, 0.05) is 5.92 Å². The zero-order valence-corrected chi connectivity index (χ0v) is 19.2. The molecule has 4 nitrogen and oxygen atoms in total. The van der Waals surface area contributed by atoms with Gasteiger partial charge in [0.15, 0.2) is 0 Å². The third-order valence-corrected chi connectivity index (χ3v) is 5.97. The van der Waals surface area contributed by atoms with Crippen LogP contribution in [0.3, 0.4) is 0 Å². The Bertz CT molecular complexity index is 1030. The van der Waals surface area contributed by atoms with Gasteiger partial charge < -0.3 is 9.47 Å². The molecular weight excluding hydrogens is 398 g/mol. The van der Waals surface area contributed by atoms with Gasteiger partial charge in [-0.1, -0.05) is 72.8 Å². The molecule has 4 rings (SSSR count). The number of rotatable bonds is 4. The van der Waals surface area contributed by atoms with Crippen LogP contribution in [0.2, 0.25) is 0 Å². The van der Waals surface area contributed by atoms with Gasteiger partial charge in [0.1, 0.15) is 11.4 Å². The average Bonchev–Trinajstić information content (AvgIpc) is 3.20. The quantitative estimate of drug-likeness (QED) is 0.453. The summed E-state index contributed by atoms with van der Waals surface area (Å²) in [5.74, 6) is 0.952. The molecule has 1 aliphatic rings. The van der Waals surface area contributed by atoms with Gasteiger partial charge in [-0.25, -0.2) is 4.79 Å². The SMILES string of the molecule is COc1ccc([C@@H]2C[C@H](c3ccccc3)[C@H](c3ccccc3)N2C(=O)OC(C)(C)C)cc1. The molecule has 1 amide bonds. The maximum absolute atomic E-state index is 13.6. The van der Waals surface area contributed by atoms with Crippen molar-refractivity contribution in [2.45, 2.75) is 50.8 Å². The minimum atomic E-state index is -0.576. The summed E-state index contributed by atoms with van der Waals surface area (Å²) < 4.78 is 11.3. The number of amides is 1.